The Morgan fingerprint density at radius 3 is 2.71 bits per heavy atom. The number of aliphatic hydroxyl groups is 1. The Kier molecular flexibility index (Phi) is 8.89. The molecule has 0 radical (unpaired) electrons. The van der Waals surface area contributed by atoms with E-state index in [1.165, 1.54) is 16.1 Å². The summed E-state index contributed by atoms with van der Waals surface area (Å²) in [6.45, 7) is 1.88. The van der Waals surface area contributed by atoms with Gasteiger partial charge in [0.15, 0.2) is 5.76 Å². The van der Waals surface area contributed by atoms with Gasteiger partial charge in [-0.1, -0.05) is 6.07 Å². The first-order valence-electron chi connectivity index (χ1n) is 10.3. The minimum atomic E-state index is -0.157. The normalized spacial score (nSPS) is 16.2. The molecule has 1 aliphatic heterocycles. The SMILES string of the molecule is CN(C)C(=O)c1cc2cc(C3CCCN(C(=O)CCN(N)/C=C\N)C3)ccc2o1.CO. The molecule has 9 heteroatoms. The first-order valence-corrected chi connectivity index (χ1v) is 10.3. The van der Waals surface area contributed by atoms with Crippen LogP contribution in [-0.2, 0) is 4.79 Å². The van der Waals surface area contributed by atoms with E-state index >= 15 is 0 Å². The van der Waals surface area contributed by atoms with E-state index in [-0.39, 0.29) is 17.7 Å². The topological polar surface area (TPSA) is 129 Å². The fourth-order valence-corrected chi connectivity index (χ4v) is 3.69. The van der Waals surface area contributed by atoms with Crippen molar-refractivity contribution in [2.45, 2.75) is 25.2 Å². The first kappa shape index (κ1) is 24.2. The van der Waals surface area contributed by atoms with Crippen LogP contribution in [-0.4, -0.2) is 72.6 Å². The van der Waals surface area contributed by atoms with E-state index in [9.17, 15) is 9.59 Å². The highest BCUT2D eigenvalue weighted by Gasteiger charge is 2.25. The van der Waals surface area contributed by atoms with Gasteiger partial charge in [-0.05, 0) is 36.6 Å². The Labute approximate surface area is 182 Å². The second kappa shape index (κ2) is 11.4. The number of nitrogens with two attached hydrogens (primary N) is 2. The number of carbonyl (C=O) groups is 2. The molecule has 2 heterocycles. The van der Waals surface area contributed by atoms with Gasteiger partial charge in [0, 0.05) is 71.0 Å². The lowest BCUT2D eigenvalue weighted by Crippen LogP contribution is -2.40. The minimum Gasteiger partial charge on any atom is -0.451 e. The molecule has 1 aromatic carbocycles. The van der Waals surface area contributed by atoms with Gasteiger partial charge in [0.2, 0.25) is 5.91 Å². The molecule has 170 valence electrons. The largest absolute Gasteiger partial charge is 0.451 e. The summed E-state index contributed by atoms with van der Waals surface area (Å²) in [7, 11) is 4.40. The Balaban J connectivity index is 0.00000166. The molecule has 3 rings (SSSR count). The van der Waals surface area contributed by atoms with E-state index in [4.69, 9.17) is 21.1 Å². The number of piperidine rings is 1. The van der Waals surface area contributed by atoms with Crippen LogP contribution in [0.2, 0.25) is 0 Å². The van der Waals surface area contributed by atoms with Crippen LogP contribution in [0.25, 0.3) is 11.0 Å². The number of nitrogens with zero attached hydrogens (tertiary/aromatic N) is 3. The van der Waals surface area contributed by atoms with Crippen molar-refractivity contribution in [2.75, 3.05) is 40.8 Å². The number of hydrazine groups is 1. The van der Waals surface area contributed by atoms with Gasteiger partial charge in [0.25, 0.3) is 5.91 Å². The van der Waals surface area contributed by atoms with E-state index < -0.39 is 0 Å². The molecule has 2 aromatic rings. The summed E-state index contributed by atoms with van der Waals surface area (Å²) >= 11 is 0. The molecule has 2 amide bonds. The van der Waals surface area contributed by atoms with Gasteiger partial charge in [0.05, 0.1) is 0 Å². The zero-order valence-corrected chi connectivity index (χ0v) is 18.5. The molecule has 0 bridgehead atoms. The standard InChI is InChI=1S/C21H29N5O3.CH4O/c1-24(2)21(28)19-13-17-12-15(5-6-18(17)29-19)16-4-3-9-25(14-16)20(27)7-10-26(23)11-8-22;1-2/h5-6,8,11-13,16H,3-4,7,9-10,14,22-23H2,1-2H3;2H,1H3/b11-8-;. The molecule has 5 N–H and O–H groups in total. The van der Waals surface area contributed by atoms with Crippen molar-refractivity contribution in [2.24, 2.45) is 11.6 Å². The molecular formula is C22H33N5O4. The van der Waals surface area contributed by atoms with Crippen LogP contribution < -0.4 is 11.6 Å². The number of rotatable bonds is 6. The van der Waals surface area contributed by atoms with E-state index in [1.807, 2.05) is 17.0 Å². The van der Waals surface area contributed by atoms with Gasteiger partial charge >= 0.3 is 0 Å². The maximum absolute atomic E-state index is 12.6. The van der Waals surface area contributed by atoms with E-state index in [0.717, 1.165) is 37.4 Å². The zero-order chi connectivity index (χ0) is 23.0. The van der Waals surface area contributed by atoms with Crippen LogP contribution in [0.3, 0.4) is 0 Å². The average Bonchev–Trinajstić information content (AvgIpc) is 3.21. The minimum absolute atomic E-state index is 0.0961. The van der Waals surface area contributed by atoms with Crippen LogP contribution in [0, 0.1) is 0 Å². The number of aliphatic hydroxyl groups excluding tert-OH is 1. The van der Waals surface area contributed by atoms with Crippen molar-refractivity contribution < 1.29 is 19.1 Å². The summed E-state index contributed by atoms with van der Waals surface area (Å²) in [6.07, 6.45) is 5.23. The predicted molar refractivity (Wildman–Crippen MR) is 120 cm³/mol. The average molecular weight is 432 g/mol. The Bertz CT molecular complexity index is 908. The van der Waals surface area contributed by atoms with E-state index in [1.54, 1.807) is 26.4 Å². The van der Waals surface area contributed by atoms with Gasteiger partial charge in [-0.3, -0.25) is 9.59 Å². The number of furan rings is 1. The summed E-state index contributed by atoms with van der Waals surface area (Å²) in [6, 6.07) is 7.79. The summed E-state index contributed by atoms with van der Waals surface area (Å²) < 4.78 is 5.68. The molecule has 9 nitrogen and oxygen atoms in total. The van der Waals surface area contributed by atoms with Crippen molar-refractivity contribution >= 4 is 22.8 Å². The second-order valence-electron chi connectivity index (χ2n) is 7.62. The molecule has 0 aliphatic carbocycles. The smallest absolute Gasteiger partial charge is 0.289 e. The number of likely N-dealkylation sites (tertiary alicyclic amines) is 1. The maximum Gasteiger partial charge on any atom is 0.289 e. The lowest BCUT2D eigenvalue weighted by atomic mass is 9.90. The van der Waals surface area contributed by atoms with Crippen molar-refractivity contribution in [3.05, 3.63) is 48.0 Å². The van der Waals surface area contributed by atoms with Crippen molar-refractivity contribution in [1.29, 1.82) is 0 Å². The third-order valence-electron chi connectivity index (χ3n) is 5.26. The quantitative estimate of drug-likeness (QED) is 0.466. The molecule has 1 saturated heterocycles. The molecule has 31 heavy (non-hydrogen) atoms. The number of amides is 2. The number of fused-ring (bicyclic) bond motifs is 1. The molecule has 0 spiro atoms. The monoisotopic (exact) mass is 431 g/mol. The van der Waals surface area contributed by atoms with Crippen molar-refractivity contribution in [3.63, 3.8) is 0 Å². The summed E-state index contributed by atoms with van der Waals surface area (Å²) in [4.78, 5) is 28.1. The van der Waals surface area contributed by atoms with E-state index in [2.05, 4.69) is 6.07 Å². The van der Waals surface area contributed by atoms with Gasteiger partial charge in [0.1, 0.15) is 5.58 Å². The lowest BCUT2D eigenvalue weighted by Gasteiger charge is -2.33. The molecule has 1 unspecified atom stereocenters. The third-order valence-corrected chi connectivity index (χ3v) is 5.26. The lowest BCUT2D eigenvalue weighted by molar-refractivity contribution is -0.132. The molecule has 1 aromatic heterocycles. The Morgan fingerprint density at radius 2 is 2.03 bits per heavy atom. The summed E-state index contributed by atoms with van der Waals surface area (Å²) in [5.74, 6) is 6.27. The summed E-state index contributed by atoms with van der Waals surface area (Å²) in [5.41, 5.74) is 7.16. The maximum atomic E-state index is 12.6. The number of carbonyl (C=O) groups excluding carboxylic acids is 2. The fourth-order valence-electron chi connectivity index (χ4n) is 3.69. The van der Waals surface area contributed by atoms with Crippen LogP contribution in [0.4, 0.5) is 0 Å². The second-order valence-corrected chi connectivity index (χ2v) is 7.62. The molecule has 1 aliphatic rings. The van der Waals surface area contributed by atoms with Gasteiger partial charge in [-0.2, -0.15) is 0 Å². The predicted octanol–water partition coefficient (Wildman–Crippen LogP) is 1.44. The third kappa shape index (κ3) is 6.22. The van der Waals surface area contributed by atoms with Gasteiger partial charge in [-0.15, -0.1) is 0 Å². The highest BCUT2D eigenvalue weighted by Crippen LogP contribution is 2.30. The summed E-state index contributed by atoms with van der Waals surface area (Å²) in [5, 5.41) is 9.32. The first-order chi connectivity index (χ1) is 14.9. The molecular weight excluding hydrogens is 398 g/mol. The molecule has 0 saturated carbocycles. The van der Waals surface area contributed by atoms with Crippen LogP contribution >= 0.6 is 0 Å². The fraction of sp³-hybridized carbons (Fsp3) is 0.455. The van der Waals surface area contributed by atoms with Crippen LogP contribution in [0.5, 0.6) is 0 Å². The van der Waals surface area contributed by atoms with Crippen molar-refractivity contribution in [1.82, 2.24) is 14.8 Å². The van der Waals surface area contributed by atoms with Crippen molar-refractivity contribution in [3.8, 4) is 0 Å². The van der Waals surface area contributed by atoms with Gasteiger partial charge in [-0.25, -0.2) is 5.84 Å². The highest BCUT2D eigenvalue weighted by molar-refractivity contribution is 5.96. The highest BCUT2D eigenvalue weighted by atomic mass is 16.3. The Hall–Kier alpha value is -3.04. The van der Waals surface area contributed by atoms with Crippen LogP contribution in [0.15, 0.2) is 41.1 Å². The van der Waals surface area contributed by atoms with Crippen LogP contribution in [0.1, 0.15) is 41.3 Å². The molecule has 1 atom stereocenters. The van der Waals surface area contributed by atoms with E-state index in [0.29, 0.717) is 30.9 Å². The van der Waals surface area contributed by atoms with Gasteiger partial charge < -0.3 is 30.1 Å². The zero-order valence-electron chi connectivity index (χ0n) is 18.5. The number of hydrogen-bond donors (Lipinski definition) is 3. The Morgan fingerprint density at radius 1 is 1.29 bits per heavy atom. The number of benzene rings is 1. The number of hydrogen-bond acceptors (Lipinski definition) is 7. The molecule has 1 fully saturated rings.